The number of H-pyrrole nitrogens is 1. The van der Waals surface area contributed by atoms with Crippen LogP contribution in [0.2, 0.25) is 5.02 Å². The van der Waals surface area contributed by atoms with Gasteiger partial charge in [0.2, 0.25) is 0 Å². The summed E-state index contributed by atoms with van der Waals surface area (Å²) in [4.78, 5) is 5.22. The Morgan fingerprint density at radius 2 is 2.12 bits per heavy atom. The number of phenolic OH excluding ortho intramolecular Hbond substituents is 1. The second-order valence-corrected chi connectivity index (χ2v) is 4.59. The Hall–Kier alpha value is -1.19. The first-order chi connectivity index (χ1) is 7.59. The monoisotopic (exact) mass is 238 g/mol. The molecule has 86 valence electrons. The lowest BCUT2D eigenvalue weighted by Crippen LogP contribution is -2.14. The van der Waals surface area contributed by atoms with E-state index in [4.69, 9.17) is 11.6 Å². The molecule has 2 rings (SSSR count). The molecule has 0 spiro atoms. The van der Waals surface area contributed by atoms with Crippen molar-refractivity contribution in [3.05, 3.63) is 28.9 Å². The topological polar surface area (TPSA) is 39.3 Å². The summed E-state index contributed by atoms with van der Waals surface area (Å²) in [6.07, 6.45) is 2.81. The summed E-state index contributed by atoms with van der Waals surface area (Å²) in [6, 6.07) is 3.34. The van der Waals surface area contributed by atoms with Crippen LogP contribution in [0.5, 0.6) is 5.75 Å². The second-order valence-electron chi connectivity index (χ2n) is 4.18. The van der Waals surface area contributed by atoms with Crippen molar-refractivity contribution < 1.29 is 5.11 Å². The number of aromatic hydroxyl groups is 1. The van der Waals surface area contributed by atoms with Gasteiger partial charge in [0, 0.05) is 18.1 Å². The number of phenols is 1. The van der Waals surface area contributed by atoms with Gasteiger partial charge in [0.05, 0.1) is 10.5 Å². The highest BCUT2D eigenvalue weighted by Gasteiger charge is 2.10. The van der Waals surface area contributed by atoms with Gasteiger partial charge in [-0.15, -0.1) is 0 Å². The number of aromatic amines is 1. The normalized spacial score (nSPS) is 11.5. The second kappa shape index (κ2) is 4.36. The number of likely N-dealkylation sites (N-methyl/N-ethyl adjacent to an activating group) is 1. The van der Waals surface area contributed by atoms with Gasteiger partial charge in [-0.05, 0) is 38.2 Å². The summed E-state index contributed by atoms with van der Waals surface area (Å²) >= 11 is 6.05. The van der Waals surface area contributed by atoms with Crippen LogP contribution in [0.15, 0.2) is 18.3 Å². The maximum Gasteiger partial charge on any atom is 0.125 e. The van der Waals surface area contributed by atoms with Gasteiger partial charge in [-0.25, -0.2) is 0 Å². The molecule has 1 heterocycles. The molecule has 1 aromatic heterocycles. The van der Waals surface area contributed by atoms with E-state index in [0.29, 0.717) is 5.02 Å². The first-order valence-electron chi connectivity index (χ1n) is 5.21. The molecule has 0 aliphatic heterocycles. The average Bonchev–Trinajstić information content (AvgIpc) is 2.65. The molecule has 0 saturated carbocycles. The van der Waals surface area contributed by atoms with Crippen LogP contribution in [0.4, 0.5) is 0 Å². The molecule has 16 heavy (non-hydrogen) atoms. The van der Waals surface area contributed by atoms with Crippen LogP contribution in [0.25, 0.3) is 10.9 Å². The summed E-state index contributed by atoms with van der Waals surface area (Å²) in [5.74, 6) is 0.286. The maximum atomic E-state index is 9.84. The summed E-state index contributed by atoms with van der Waals surface area (Å²) < 4.78 is 0. The Morgan fingerprint density at radius 3 is 2.81 bits per heavy atom. The van der Waals surface area contributed by atoms with E-state index in [1.54, 1.807) is 12.1 Å². The molecule has 0 bridgehead atoms. The predicted molar refractivity (Wildman–Crippen MR) is 67.2 cm³/mol. The number of fused-ring (bicyclic) bond motifs is 1. The van der Waals surface area contributed by atoms with Crippen LogP contribution >= 0.6 is 11.6 Å². The molecule has 0 aliphatic rings. The van der Waals surface area contributed by atoms with Gasteiger partial charge in [0.1, 0.15) is 5.75 Å². The molecular formula is C12H15ClN2O. The SMILES string of the molecule is CN(C)CCc1c[nH]c2c(Cl)ccc(O)c12. The van der Waals surface area contributed by atoms with Crippen molar-refractivity contribution in [3.8, 4) is 5.75 Å². The minimum atomic E-state index is 0.286. The first-order valence-corrected chi connectivity index (χ1v) is 5.59. The number of benzene rings is 1. The minimum absolute atomic E-state index is 0.286. The van der Waals surface area contributed by atoms with Crippen molar-refractivity contribution in [1.29, 1.82) is 0 Å². The van der Waals surface area contributed by atoms with Crippen LogP contribution in [0, 0.1) is 0 Å². The number of hydrogen-bond donors (Lipinski definition) is 2. The third-order valence-electron chi connectivity index (χ3n) is 2.67. The zero-order chi connectivity index (χ0) is 11.7. The highest BCUT2D eigenvalue weighted by molar-refractivity contribution is 6.35. The third-order valence-corrected chi connectivity index (χ3v) is 2.99. The molecule has 0 aliphatic carbocycles. The zero-order valence-corrected chi connectivity index (χ0v) is 10.2. The van der Waals surface area contributed by atoms with Gasteiger partial charge in [0.15, 0.2) is 0 Å². The Kier molecular flexibility index (Phi) is 3.08. The Bertz CT molecular complexity index is 505. The fraction of sp³-hybridized carbons (Fsp3) is 0.333. The average molecular weight is 239 g/mol. The summed E-state index contributed by atoms with van der Waals surface area (Å²) in [5, 5.41) is 11.3. The van der Waals surface area contributed by atoms with E-state index in [1.165, 1.54) is 0 Å². The maximum absolute atomic E-state index is 9.84. The van der Waals surface area contributed by atoms with Crippen molar-refractivity contribution in [1.82, 2.24) is 9.88 Å². The number of halogens is 1. The molecule has 0 atom stereocenters. The number of nitrogens with one attached hydrogen (secondary N) is 1. The molecule has 1 aromatic carbocycles. The molecule has 0 saturated heterocycles. The van der Waals surface area contributed by atoms with Crippen LogP contribution in [-0.4, -0.2) is 35.6 Å². The quantitative estimate of drug-likeness (QED) is 0.863. The van der Waals surface area contributed by atoms with E-state index >= 15 is 0 Å². The molecule has 4 heteroatoms. The van der Waals surface area contributed by atoms with Gasteiger partial charge >= 0.3 is 0 Å². The predicted octanol–water partition coefficient (Wildman–Crippen LogP) is 2.63. The van der Waals surface area contributed by atoms with Gasteiger partial charge in [0.25, 0.3) is 0 Å². The van der Waals surface area contributed by atoms with Crippen molar-refractivity contribution in [3.63, 3.8) is 0 Å². The van der Waals surface area contributed by atoms with Gasteiger partial charge in [-0.1, -0.05) is 11.6 Å². The standard InChI is InChI=1S/C12H15ClN2O/c1-15(2)6-5-8-7-14-12-9(13)3-4-10(16)11(8)12/h3-4,7,14,16H,5-6H2,1-2H3. The van der Waals surface area contributed by atoms with Gasteiger partial charge in [-0.2, -0.15) is 0 Å². The molecule has 2 N–H and O–H groups in total. The summed E-state index contributed by atoms with van der Waals surface area (Å²) in [5.41, 5.74) is 1.92. The van der Waals surface area contributed by atoms with E-state index in [1.807, 2.05) is 20.3 Å². The largest absolute Gasteiger partial charge is 0.507 e. The van der Waals surface area contributed by atoms with E-state index in [-0.39, 0.29) is 5.75 Å². The number of rotatable bonds is 3. The van der Waals surface area contributed by atoms with Crippen LogP contribution in [-0.2, 0) is 6.42 Å². The van der Waals surface area contributed by atoms with Gasteiger partial charge < -0.3 is 15.0 Å². The Labute approximate surface area is 99.6 Å². The van der Waals surface area contributed by atoms with Crippen molar-refractivity contribution in [2.24, 2.45) is 0 Å². The van der Waals surface area contributed by atoms with Crippen molar-refractivity contribution >= 4 is 22.5 Å². The molecular weight excluding hydrogens is 224 g/mol. The lowest BCUT2D eigenvalue weighted by Gasteiger charge is -2.08. The fourth-order valence-corrected chi connectivity index (χ4v) is 2.02. The van der Waals surface area contributed by atoms with E-state index < -0.39 is 0 Å². The van der Waals surface area contributed by atoms with Crippen LogP contribution in [0.3, 0.4) is 0 Å². The summed E-state index contributed by atoms with van der Waals surface area (Å²) in [6.45, 7) is 0.943. The highest BCUT2D eigenvalue weighted by atomic mass is 35.5. The number of nitrogens with zero attached hydrogens (tertiary/aromatic N) is 1. The molecule has 0 unspecified atom stereocenters. The van der Waals surface area contributed by atoms with E-state index in [9.17, 15) is 5.11 Å². The first kappa shape index (κ1) is 11.3. The zero-order valence-electron chi connectivity index (χ0n) is 9.42. The molecule has 2 aromatic rings. The fourth-order valence-electron chi connectivity index (χ4n) is 1.81. The molecule has 0 radical (unpaired) electrons. The van der Waals surface area contributed by atoms with Crippen LogP contribution in [0.1, 0.15) is 5.56 Å². The third kappa shape index (κ3) is 2.01. The highest BCUT2D eigenvalue weighted by Crippen LogP contribution is 2.32. The van der Waals surface area contributed by atoms with Crippen molar-refractivity contribution in [2.75, 3.05) is 20.6 Å². The number of hydrogen-bond acceptors (Lipinski definition) is 2. The molecule has 0 fully saturated rings. The Morgan fingerprint density at radius 1 is 1.38 bits per heavy atom. The van der Waals surface area contributed by atoms with Crippen LogP contribution < -0.4 is 0 Å². The van der Waals surface area contributed by atoms with Crippen molar-refractivity contribution in [2.45, 2.75) is 6.42 Å². The number of aromatic nitrogens is 1. The van der Waals surface area contributed by atoms with E-state index in [2.05, 4.69) is 9.88 Å². The molecule has 0 amide bonds. The Balaban J connectivity index is 2.43. The smallest absolute Gasteiger partial charge is 0.125 e. The van der Waals surface area contributed by atoms with Gasteiger partial charge in [-0.3, -0.25) is 0 Å². The van der Waals surface area contributed by atoms with E-state index in [0.717, 1.165) is 29.4 Å². The summed E-state index contributed by atoms with van der Waals surface area (Å²) in [7, 11) is 4.06. The lowest BCUT2D eigenvalue weighted by molar-refractivity contribution is 0.414. The minimum Gasteiger partial charge on any atom is -0.507 e. The lowest BCUT2D eigenvalue weighted by atomic mass is 10.1. The molecule has 3 nitrogen and oxygen atoms in total.